The van der Waals surface area contributed by atoms with E-state index in [-0.39, 0.29) is 11.8 Å². The van der Waals surface area contributed by atoms with Gasteiger partial charge in [0.05, 0.1) is 0 Å². The molecule has 1 fully saturated rings. The quantitative estimate of drug-likeness (QED) is 0.372. The molecule has 1 heterocycles. The minimum atomic E-state index is -0.0408. The molecule has 35 heavy (non-hydrogen) atoms. The van der Waals surface area contributed by atoms with Crippen LogP contribution < -0.4 is 10.6 Å². The number of carbonyl (C=O) groups is 2. The maximum atomic E-state index is 12.7. The van der Waals surface area contributed by atoms with Gasteiger partial charge in [0.15, 0.2) is 0 Å². The van der Waals surface area contributed by atoms with Crippen LogP contribution in [0.5, 0.6) is 0 Å². The summed E-state index contributed by atoms with van der Waals surface area (Å²) in [7, 11) is 0. The first-order valence-electron chi connectivity index (χ1n) is 12.3. The van der Waals surface area contributed by atoms with Crippen molar-refractivity contribution in [1.82, 2.24) is 15.2 Å². The van der Waals surface area contributed by atoms with Gasteiger partial charge in [-0.2, -0.15) is 0 Å². The van der Waals surface area contributed by atoms with Gasteiger partial charge in [-0.3, -0.25) is 9.59 Å². The highest BCUT2D eigenvalue weighted by Gasteiger charge is 2.25. The van der Waals surface area contributed by atoms with Crippen molar-refractivity contribution in [3.05, 3.63) is 94.7 Å². The van der Waals surface area contributed by atoms with Crippen molar-refractivity contribution in [2.75, 3.05) is 6.54 Å². The van der Waals surface area contributed by atoms with E-state index in [4.69, 9.17) is 0 Å². The van der Waals surface area contributed by atoms with Crippen LogP contribution in [-0.4, -0.2) is 29.0 Å². The summed E-state index contributed by atoms with van der Waals surface area (Å²) in [4.78, 5) is 25.0. The SMILES string of the molecule is CCNC(=O)c1ccc2c(c1)c(C)c(C)n2Cc1ccc(-c2ccccc2C(=O)NC2CC2)cc1. The molecule has 2 N–H and O–H groups in total. The number of hydrogen-bond donors (Lipinski definition) is 2. The zero-order chi connectivity index (χ0) is 24.5. The number of aromatic nitrogens is 1. The van der Waals surface area contributed by atoms with Crippen molar-refractivity contribution in [2.24, 2.45) is 0 Å². The number of carbonyl (C=O) groups excluding carboxylic acids is 2. The molecule has 5 heteroatoms. The summed E-state index contributed by atoms with van der Waals surface area (Å²) < 4.78 is 2.30. The Hall–Kier alpha value is -3.86. The van der Waals surface area contributed by atoms with Gasteiger partial charge in [0, 0.05) is 46.9 Å². The summed E-state index contributed by atoms with van der Waals surface area (Å²) in [5.74, 6) is -0.0371. The van der Waals surface area contributed by atoms with E-state index in [9.17, 15) is 9.59 Å². The summed E-state index contributed by atoms with van der Waals surface area (Å²) in [5.41, 5.74) is 8.09. The molecule has 0 radical (unpaired) electrons. The highest BCUT2D eigenvalue weighted by Crippen LogP contribution is 2.29. The molecular formula is C30H31N3O2. The van der Waals surface area contributed by atoms with Crippen LogP contribution in [0, 0.1) is 13.8 Å². The van der Waals surface area contributed by atoms with E-state index in [0.29, 0.717) is 18.2 Å². The Labute approximate surface area is 206 Å². The zero-order valence-electron chi connectivity index (χ0n) is 20.5. The number of aryl methyl sites for hydroxylation is 1. The minimum absolute atomic E-state index is 0.00377. The fourth-order valence-corrected chi connectivity index (χ4v) is 4.65. The second-order valence-electron chi connectivity index (χ2n) is 9.38. The normalized spacial score (nSPS) is 13.1. The maximum absolute atomic E-state index is 12.7. The Morgan fingerprint density at radius 2 is 1.69 bits per heavy atom. The molecular weight excluding hydrogens is 434 g/mol. The van der Waals surface area contributed by atoms with Crippen molar-refractivity contribution in [2.45, 2.75) is 46.2 Å². The largest absolute Gasteiger partial charge is 0.352 e. The molecule has 3 aromatic carbocycles. The molecule has 1 aliphatic carbocycles. The Balaban J connectivity index is 1.41. The van der Waals surface area contributed by atoms with Crippen LogP contribution in [0.4, 0.5) is 0 Å². The molecule has 0 atom stereocenters. The number of benzene rings is 3. The second kappa shape index (κ2) is 9.41. The number of rotatable bonds is 7. The van der Waals surface area contributed by atoms with Gasteiger partial charge in [-0.1, -0.05) is 42.5 Å². The van der Waals surface area contributed by atoms with Gasteiger partial charge in [0.2, 0.25) is 0 Å². The Morgan fingerprint density at radius 1 is 0.943 bits per heavy atom. The van der Waals surface area contributed by atoms with Crippen LogP contribution in [0.1, 0.15) is 57.3 Å². The molecule has 0 aliphatic heterocycles. The summed E-state index contributed by atoms with van der Waals surface area (Å²) in [6.07, 6.45) is 2.14. The molecule has 178 valence electrons. The van der Waals surface area contributed by atoms with Crippen LogP contribution in [0.3, 0.4) is 0 Å². The number of nitrogens with one attached hydrogen (secondary N) is 2. The molecule has 1 aliphatic rings. The first-order chi connectivity index (χ1) is 17.0. The van der Waals surface area contributed by atoms with Gasteiger partial charge in [-0.15, -0.1) is 0 Å². The fourth-order valence-electron chi connectivity index (χ4n) is 4.65. The standard InChI is InChI=1S/C30H31N3O2/c1-4-31-29(34)23-13-16-28-27(17-23)19(2)20(3)33(28)18-21-9-11-22(12-10-21)25-7-5-6-8-26(25)30(35)32-24-14-15-24/h5-13,16-17,24H,4,14-15,18H2,1-3H3,(H,31,34)(H,32,35). The molecule has 4 aromatic rings. The molecule has 0 saturated heterocycles. The molecule has 1 aromatic heterocycles. The monoisotopic (exact) mass is 465 g/mol. The lowest BCUT2D eigenvalue weighted by atomic mass is 9.98. The van der Waals surface area contributed by atoms with Gasteiger partial charge < -0.3 is 15.2 Å². The average Bonchev–Trinajstić information content (AvgIpc) is 3.67. The zero-order valence-corrected chi connectivity index (χ0v) is 20.5. The summed E-state index contributed by atoms with van der Waals surface area (Å²) in [6.45, 7) is 7.52. The summed E-state index contributed by atoms with van der Waals surface area (Å²) >= 11 is 0. The van der Waals surface area contributed by atoms with Crippen LogP contribution in [0.25, 0.3) is 22.0 Å². The Morgan fingerprint density at radius 3 is 2.40 bits per heavy atom. The lowest BCUT2D eigenvalue weighted by Crippen LogP contribution is -2.25. The van der Waals surface area contributed by atoms with E-state index in [1.807, 2.05) is 49.4 Å². The van der Waals surface area contributed by atoms with Crippen molar-refractivity contribution in [3.63, 3.8) is 0 Å². The molecule has 5 nitrogen and oxygen atoms in total. The van der Waals surface area contributed by atoms with Crippen LogP contribution in [0.15, 0.2) is 66.7 Å². The Kier molecular flexibility index (Phi) is 6.16. The van der Waals surface area contributed by atoms with Gasteiger partial charge >= 0.3 is 0 Å². The van der Waals surface area contributed by atoms with E-state index in [1.165, 1.54) is 16.8 Å². The highest BCUT2D eigenvalue weighted by molar-refractivity contribution is 6.01. The lowest BCUT2D eigenvalue weighted by Gasteiger charge is -2.12. The minimum Gasteiger partial charge on any atom is -0.352 e. The summed E-state index contributed by atoms with van der Waals surface area (Å²) in [5, 5.41) is 7.09. The Bertz CT molecular complexity index is 1410. The third-order valence-electron chi connectivity index (χ3n) is 6.93. The maximum Gasteiger partial charge on any atom is 0.252 e. The molecule has 0 bridgehead atoms. The molecule has 2 amide bonds. The van der Waals surface area contributed by atoms with Crippen LogP contribution in [-0.2, 0) is 6.54 Å². The van der Waals surface area contributed by atoms with E-state index in [2.05, 4.69) is 53.3 Å². The number of hydrogen-bond acceptors (Lipinski definition) is 2. The average molecular weight is 466 g/mol. The third-order valence-corrected chi connectivity index (χ3v) is 6.93. The van der Waals surface area contributed by atoms with Crippen LogP contribution >= 0.6 is 0 Å². The molecule has 0 spiro atoms. The summed E-state index contributed by atoms with van der Waals surface area (Å²) in [6, 6.07) is 22.5. The predicted octanol–water partition coefficient (Wildman–Crippen LogP) is 5.62. The first kappa shape index (κ1) is 22.9. The van der Waals surface area contributed by atoms with E-state index in [1.54, 1.807) is 0 Å². The second-order valence-corrected chi connectivity index (χ2v) is 9.38. The van der Waals surface area contributed by atoms with Crippen molar-refractivity contribution in [3.8, 4) is 11.1 Å². The molecule has 0 unspecified atom stereocenters. The highest BCUT2D eigenvalue weighted by atomic mass is 16.2. The van der Waals surface area contributed by atoms with Crippen molar-refractivity contribution >= 4 is 22.7 Å². The molecule has 5 rings (SSSR count). The fraction of sp³-hybridized carbons (Fsp3) is 0.267. The van der Waals surface area contributed by atoms with Gasteiger partial charge in [0.25, 0.3) is 11.8 Å². The number of fused-ring (bicyclic) bond motifs is 1. The van der Waals surface area contributed by atoms with E-state index >= 15 is 0 Å². The predicted molar refractivity (Wildman–Crippen MR) is 141 cm³/mol. The van der Waals surface area contributed by atoms with Crippen molar-refractivity contribution in [1.29, 1.82) is 0 Å². The number of nitrogens with zero attached hydrogens (tertiary/aromatic N) is 1. The van der Waals surface area contributed by atoms with Gasteiger partial charge in [-0.05, 0) is 80.1 Å². The van der Waals surface area contributed by atoms with Gasteiger partial charge in [0.1, 0.15) is 0 Å². The van der Waals surface area contributed by atoms with Gasteiger partial charge in [-0.25, -0.2) is 0 Å². The number of amides is 2. The topological polar surface area (TPSA) is 63.1 Å². The van der Waals surface area contributed by atoms with Crippen LogP contribution in [0.2, 0.25) is 0 Å². The van der Waals surface area contributed by atoms with Crippen molar-refractivity contribution < 1.29 is 9.59 Å². The van der Waals surface area contributed by atoms with E-state index < -0.39 is 0 Å². The lowest BCUT2D eigenvalue weighted by molar-refractivity contribution is 0.0945. The van der Waals surface area contributed by atoms with E-state index in [0.717, 1.165) is 47.0 Å². The first-order valence-corrected chi connectivity index (χ1v) is 12.3. The molecule has 1 saturated carbocycles. The third kappa shape index (κ3) is 4.59. The smallest absolute Gasteiger partial charge is 0.252 e.